The fourth-order valence-corrected chi connectivity index (χ4v) is 2.63. The minimum Gasteiger partial charge on any atom is -0.472 e. The Hall–Kier alpha value is -2.29. The van der Waals surface area contributed by atoms with Gasteiger partial charge in [0.05, 0.1) is 29.5 Å². The van der Waals surface area contributed by atoms with Gasteiger partial charge in [0.15, 0.2) is 0 Å². The van der Waals surface area contributed by atoms with Crippen molar-refractivity contribution in [1.82, 2.24) is 4.98 Å². The molecule has 0 radical (unpaired) electrons. The summed E-state index contributed by atoms with van der Waals surface area (Å²) in [5.41, 5.74) is 2.16. The minimum absolute atomic E-state index is 0.0690. The van der Waals surface area contributed by atoms with Gasteiger partial charge >= 0.3 is 0 Å². The molecule has 1 saturated heterocycles. The molecule has 0 aliphatic carbocycles. The van der Waals surface area contributed by atoms with Crippen LogP contribution >= 0.6 is 11.6 Å². The van der Waals surface area contributed by atoms with Crippen molar-refractivity contribution in [3.05, 3.63) is 52.7 Å². The Morgan fingerprint density at radius 2 is 2.35 bits per heavy atom. The third kappa shape index (κ3) is 3.92. The number of hydrogen-bond acceptors (Lipinski definition) is 5. The monoisotopic (exact) mass is 329 g/mol. The normalized spacial score (nSPS) is 16.8. The molecular weight excluding hydrogens is 314 g/mol. The van der Waals surface area contributed by atoms with Gasteiger partial charge in [0, 0.05) is 25.2 Å². The highest BCUT2D eigenvalue weighted by Gasteiger charge is 2.17. The van der Waals surface area contributed by atoms with Crippen molar-refractivity contribution in [2.45, 2.75) is 19.1 Å². The van der Waals surface area contributed by atoms with Gasteiger partial charge in [-0.25, -0.2) is 4.98 Å². The molecule has 0 spiro atoms. The molecular formula is C17H16ClN3O2. The first-order chi connectivity index (χ1) is 11.3. The van der Waals surface area contributed by atoms with E-state index in [-0.39, 0.29) is 6.10 Å². The molecule has 1 aliphatic rings. The van der Waals surface area contributed by atoms with Crippen LogP contribution in [0.25, 0.3) is 0 Å². The highest BCUT2D eigenvalue weighted by Crippen LogP contribution is 2.26. The van der Waals surface area contributed by atoms with Crippen LogP contribution in [0.4, 0.5) is 5.69 Å². The number of anilines is 1. The van der Waals surface area contributed by atoms with E-state index in [1.807, 2.05) is 12.1 Å². The first kappa shape index (κ1) is 15.6. The van der Waals surface area contributed by atoms with Crippen LogP contribution < -0.4 is 10.1 Å². The van der Waals surface area contributed by atoms with Gasteiger partial charge in [0.1, 0.15) is 12.2 Å². The summed E-state index contributed by atoms with van der Waals surface area (Å²) in [6, 6.07) is 11.2. The van der Waals surface area contributed by atoms with Crippen molar-refractivity contribution in [2.24, 2.45) is 0 Å². The number of hydrogen-bond donors (Lipinski definition) is 1. The number of ether oxygens (including phenoxy) is 2. The van der Waals surface area contributed by atoms with Gasteiger partial charge in [-0.1, -0.05) is 17.7 Å². The highest BCUT2D eigenvalue weighted by molar-refractivity contribution is 6.33. The zero-order valence-electron chi connectivity index (χ0n) is 12.5. The molecule has 5 nitrogen and oxygen atoms in total. The van der Waals surface area contributed by atoms with E-state index in [0.717, 1.165) is 18.6 Å². The number of nitrogens with one attached hydrogen (secondary N) is 1. The lowest BCUT2D eigenvalue weighted by molar-refractivity contribution is 0.138. The summed E-state index contributed by atoms with van der Waals surface area (Å²) in [6.07, 6.45) is 2.66. The standard InChI is InChI=1S/C17H16ClN3O2/c18-15-3-1-2-13(9-19)17(15)21-10-12-4-6-20-16(8-12)23-14-5-7-22-11-14/h1-4,6,8,14,21H,5,7,10-11H2. The van der Waals surface area contributed by atoms with Crippen LogP contribution in [0.5, 0.6) is 5.88 Å². The smallest absolute Gasteiger partial charge is 0.213 e. The maximum Gasteiger partial charge on any atom is 0.213 e. The van der Waals surface area contributed by atoms with E-state index in [0.29, 0.717) is 35.3 Å². The summed E-state index contributed by atoms with van der Waals surface area (Å²) < 4.78 is 11.1. The van der Waals surface area contributed by atoms with Gasteiger partial charge in [-0.05, 0) is 23.8 Å². The van der Waals surface area contributed by atoms with Gasteiger partial charge in [-0.3, -0.25) is 0 Å². The van der Waals surface area contributed by atoms with Crippen molar-refractivity contribution < 1.29 is 9.47 Å². The van der Waals surface area contributed by atoms with Crippen LogP contribution in [0.15, 0.2) is 36.5 Å². The molecule has 6 heteroatoms. The second-order valence-corrected chi connectivity index (χ2v) is 5.64. The number of nitriles is 1. The van der Waals surface area contributed by atoms with Gasteiger partial charge in [-0.2, -0.15) is 5.26 Å². The predicted molar refractivity (Wildman–Crippen MR) is 87.6 cm³/mol. The Labute approximate surface area is 139 Å². The van der Waals surface area contributed by atoms with Crippen LogP contribution in [-0.2, 0) is 11.3 Å². The van der Waals surface area contributed by atoms with E-state index in [4.69, 9.17) is 26.3 Å². The third-order valence-corrected chi connectivity index (χ3v) is 3.89. The lowest BCUT2D eigenvalue weighted by Gasteiger charge is -2.13. The zero-order chi connectivity index (χ0) is 16.1. The number of nitrogens with zero attached hydrogens (tertiary/aromatic N) is 2. The van der Waals surface area contributed by atoms with Crippen LogP contribution in [-0.4, -0.2) is 24.3 Å². The summed E-state index contributed by atoms with van der Waals surface area (Å²) in [7, 11) is 0. The van der Waals surface area contributed by atoms with Gasteiger partial charge in [-0.15, -0.1) is 0 Å². The lowest BCUT2D eigenvalue weighted by atomic mass is 10.2. The summed E-state index contributed by atoms with van der Waals surface area (Å²) in [4.78, 5) is 4.23. The molecule has 1 N–H and O–H groups in total. The average molecular weight is 330 g/mol. The molecule has 118 valence electrons. The molecule has 1 unspecified atom stereocenters. The zero-order valence-corrected chi connectivity index (χ0v) is 13.2. The topological polar surface area (TPSA) is 67.2 Å². The van der Waals surface area contributed by atoms with Crippen LogP contribution in [0, 0.1) is 11.3 Å². The van der Waals surface area contributed by atoms with Gasteiger partial charge < -0.3 is 14.8 Å². The van der Waals surface area contributed by atoms with Crippen molar-refractivity contribution >= 4 is 17.3 Å². The SMILES string of the molecule is N#Cc1cccc(Cl)c1NCc1ccnc(OC2CCOC2)c1. The molecule has 1 aromatic heterocycles. The Morgan fingerprint density at radius 1 is 1.43 bits per heavy atom. The Balaban J connectivity index is 1.68. The molecule has 0 amide bonds. The molecule has 0 bridgehead atoms. The number of benzene rings is 1. The van der Waals surface area contributed by atoms with Gasteiger partial charge in [0.2, 0.25) is 5.88 Å². The maximum absolute atomic E-state index is 9.15. The molecule has 0 saturated carbocycles. The van der Waals surface area contributed by atoms with Crippen molar-refractivity contribution in [3.8, 4) is 11.9 Å². The number of halogens is 1. The summed E-state index contributed by atoms with van der Waals surface area (Å²) in [5.74, 6) is 0.583. The van der Waals surface area contributed by atoms with Crippen molar-refractivity contribution in [2.75, 3.05) is 18.5 Å². The summed E-state index contributed by atoms with van der Waals surface area (Å²) in [5, 5.41) is 12.9. The quantitative estimate of drug-likeness (QED) is 0.910. The van der Waals surface area contributed by atoms with Crippen LogP contribution in [0.3, 0.4) is 0 Å². The van der Waals surface area contributed by atoms with E-state index in [9.17, 15) is 0 Å². The average Bonchev–Trinajstić information content (AvgIpc) is 3.07. The first-order valence-corrected chi connectivity index (χ1v) is 7.76. The number of rotatable bonds is 5. The van der Waals surface area contributed by atoms with E-state index >= 15 is 0 Å². The molecule has 1 aliphatic heterocycles. The molecule has 23 heavy (non-hydrogen) atoms. The van der Waals surface area contributed by atoms with E-state index in [1.165, 1.54) is 0 Å². The van der Waals surface area contributed by atoms with Crippen LogP contribution in [0.2, 0.25) is 5.02 Å². The summed E-state index contributed by atoms with van der Waals surface area (Å²) >= 11 is 6.15. The molecule has 2 heterocycles. The first-order valence-electron chi connectivity index (χ1n) is 7.38. The summed E-state index contributed by atoms with van der Waals surface area (Å²) in [6.45, 7) is 1.86. The Bertz CT molecular complexity index is 724. The minimum atomic E-state index is 0.0690. The lowest BCUT2D eigenvalue weighted by Crippen LogP contribution is -2.16. The van der Waals surface area contributed by atoms with E-state index in [2.05, 4.69) is 16.4 Å². The second kappa shape index (κ2) is 7.32. The Kier molecular flexibility index (Phi) is 4.96. The molecule has 1 fully saturated rings. The molecule has 2 aromatic rings. The number of para-hydroxylation sites is 1. The van der Waals surface area contributed by atoms with Gasteiger partial charge in [0.25, 0.3) is 0 Å². The maximum atomic E-state index is 9.15. The largest absolute Gasteiger partial charge is 0.472 e. The highest BCUT2D eigenvalue weighted by atomic mass is 35.5. The Morgan fingerprint density at radius 3 is 3.13 bits per heavy atom. The molecule has 3 rings (SSSR count). The fourth-order valence-electron chi connectivity index (χ4n) is 2.39. The number of pyridine rings is 1. The third-order valence-electron chi connectivity index (χ3n) is 3.58. The molecule has 1 atom stereocenters. The van der Waals surface area contributed by atoms with E-state index in [1.54, 1.807) is 24.4 Å². The molecule has 1 aromatic carbocycles. The fraction of sp³-hybridized carbons (Fsp3) is 0.294. The second-order valence-electron chi connectivity index (χ2n) is 5.23. The predicted octanol–water partition coefficient (Wildman–Crippen LogP) is 3.39. The van der Waals surface area contributed by atoms with Crippen molar-refractivity contribution in [1.29, 1.82) is 5.26 Å². The van der Waals surface area contributed by atoms with Crippen LogP contribution in [0.1, 0.15) is 17.5 Å². The van der Waals surface area contributed by atoms with Crippen molar-refractivity contribution in [3.63, 3.8) is 0 Å². The van der Waals surface area contributed by atoms with E-state index < -0.39 is 0 Å². The number of aromatic nitrogens is 1.